The maximum atomic E-state index is 12.8. The van der Waals surface area contributed by atoms with Crippen LogP contribution in [0, 0.1) is 0 Å². The summed E-state index contributed by atoms with van der Waals surface area (Å²) in [5, 5.41) is 3.45. The normalized spacial score (nSPS) is 13.8. The van der Waals surface area contributed by atoms with E-state index in [0.29, 0.717) is 22.5 Å². The fourth-order valence-electron chi connectivity index (χ4n) is 2.90. The smallest absolute Gasteiger partial charge is 0.279 e. The lowest BCUT2D eigenvalue weighted by Crippen LogP contribution is -2.14. The van der Waals surface area contributed by atoms with E-state index in [-0.39, 0.29) is 11.8 Å². The van der Waals surface area contributed by atoms with E-state index in [1.165, 1.54) is 11.3 Å². The SMILES string of the molecule is O=C(Nc1nc2ccccc2s1)c1nc(-c2ccccc2)oc1C1CC1. The van der Waals surface area contributed by atoms with Crippen molar-refractivity contribution in [1.82, 2.24) is 9.97 Å². The van der Waals surface area contributed by atoms with E-state index in [1.54, 1.807) is 0 Å². The van der Waals surface area contributed by atoms with Gasteiger partial charge in [0.15, 0.2) is 10.8 Å². The van der Waals surface area contributed by atoms with Crippen LogP contribution < -0.4 is 5.32 Å². The van der Waals surface area contributed by atoms with Crippen LogP contribution in [-0.4, -0.2) is 15.9 Å². The number of nitrogens with zero attached hydrogens (tertiary/aromatic N) is 2. The van der Waals surface area contributed by atoms with Crippen molar-refractivity contribution in [3.63, 3.8) is 0 Å². The van der Waals surface area contributed by atoms with E-state index in [9.17, 15) is 4.79 Å². The molecular weight excluding hydrogens is 346 g/mol. The summed E-state index contributed by atoms with van der Waals surface area (Å²) in [6.45, 7) is 0. The van der Waals surface area contributed by atoms with Crippen LogP contribution in [0.25, 0.3) is 21.7 Å². The predicted molar refractivity (Wildman–Crippen MR) is 101 cm³/mol. The summed E-state index contributed by atoms with van der Waals surface area (Å²) in [7, 11) is 0. The Morgan fingerprint density at radius 3 is 2.58 bits per heavy atom. The monoisotopic (exact) mass is 361 g/mol. The van der Waals surface area contributed by atoms with E-state index in [1.807, 2.05) is 54.6 Å². The van der Waals surface area contributed by atoms with Crippen LogP contribution in [-0.2, 0) is 0 Å². The first-order valence-electron chi connectivity index (χ1n) is 8.51. The lowest BCUT2D eigenvalue weighted by Gasteiger charge is -1.99. The highest BCUT2D eigenvalue weighted by Crippen LogP contribution is 2.43. The molecule has 0 aliphatic heterocycles. The van der Waals surface area contributed by atoms with Gasteiger partial charge >= 0.3 is 0 Å². The van der Waals surface area contributed by atoms with Gasteiger partial charge in [0, 0.05) is 11.5 Å². The van der Waals surface area contributed by atoms with Crippen LogP contribution in [0.1, 0.15) is 35.0 Å². The third kappa shape index (κ3) is 2.78. The molecule has 1 fully saturated rings. The van der Waals surface area contributed by atoms with Gasteiger partial charge in [0.05, 0.1) is 10.2 Å². The van der Waals surface area contributed by atoms with Gasteiger partial charge in [-0.25, -0.2) is 9.97 Å². The van der Waals surface area contributed by atoms with Crippen molar-refractivity contribution in [2.45, 2.75) is 18.8 Å². The lowest BCUT2D eigenvalue weighted by atomic mass is 10.2. The number of aromatic nitrogens is 2. The fraction of sp³-hybridized carbons (Fsp3) is 0.150. The molecule has 1 N–H and O–H groups in total. The molecule has 0 saturated heterocycles. The molecule has 0 spiro atoms. The second-order valence-electron chi connectivity index (χ2n) is 6.31. The number of nitrogens with one attached hydrogen (secondary N) is 1. The Morgan fingerprint density at radius 2 is 1.81 bits per heavy atom. The summed E-state index contributed by atoms with van der Waals surface area (Å²) in [5.41, 5.74) is 2.11. The Bertz CT molecular complexity index is 1060. The maximum Gasteiger partial charge on any atom is 0.279 e. The van der Waals surface area contributed by atoms with E-state index in [2.05, 4.69) is 15.3 Å². The Hall–Kier alpha value is -2.99. The number of amides is 1. The minimum atomic E-state index is -0.267. The quantitative estimate of drug-likeness (QED) is 0.550. The molecule has 2 aromatic heterocycles. The standard InChI is InChI=1S/C20H15N3O2S/c24-18(23-20-21-14-8-4-5-9-15(14)26-20)16-17(12-10-11-12)25-19(22-16)13-6-2-1-3-7-13/h1-9,12H,10-11H2,(H,21,23,24). The van der Waals surface area contributed by atoms with Crippen molar-refractivity contribution < 1.29 is 9.21 Å². The van der Waals surface area contributed by atoms with E-state index in [0.717, 1.165) is 28.6 Å². The zero-order valence-corrected chi connectivity index (χ0v) is 14.6. The summed E-state index contributed by atoms with van der Waals surface area (Å²) < 4.78 is 6.99. The predicted octanol–water partition coefficient (Wildman–Crippen LogP) is 5.08. The first-order valence-corrected chi connectivity index (χ1v) is 9.32. The molecule has 0 bridgehead atoms. The highest BCUT2D eigenvalue weighted by Gasteiger charge is 2.34. The number of benzene rings is 2. The molecule has 6 heteroatoms. The van der Waals surface area contributed by atoms with Gasteiger partial charge in [-0.15, -0.1) is 0 Å². The van der Waals surface area contributed by atoms with Gasteiger partial charge in [0.25, 0.3) is 5.91 Å². The van der Waals surface area contributed by atoms with Crippen LogP contribution >= 0.6 is 11.3 Å². The molecule has 0 unspecified atom stereocenters. The Kier molecular flexibility index (Phi) is 3.57. The first kappa shape index (κ1) is 15.3. The van der Waals surface area contributed by atoms with E-state index >= 15 is 0 Å². The van der Waals surface area contributed by atoms with Crippen molar-refractivity contribution in [3.05, 3.63) is 66.1 Å². The topological polar surface area (TPSA) is 68.0 Å². The molecule has 1 saturated carbocycles. The van der Waals surface area contributed by atoms with E-state index < -0.39 is 0 Å². The van der Waals surface area contributed by atoms with Gasteiger partial charge in [0.1, 0.15) is 5.76 Å². The molecule has 26 heavy (non-hydrogen) atoms. The number of fused-ring (bicyclic) bond motifs is 1. The first-order chi connectivity index (χ1) is 12.8. The maximum absolute atomic E-state index is 12.8. The number of oxazole rings is 1. The van der Waals surface area contributed by atoms with Crippen LogP contribution in [0.5, 0.6) is 0 Å². The average Bonchev–Trinajstić information content (AvgIpc) is 3.28. The summed E-state index contributed by atoms with van der Waals surface area (Å²) in [5.74, 6) is 1.19. The number of hydrogen-bond acceptors (Lipinski definition) is 5. The Labute approximate surface area is 153 Å². The van der Waals surface area contributed by atoms with Crippen LogP contribution in [0.4, 0.5) is 5.13 Å². The molecule has 5 nitrogen and oxygen atoms in total. The van der Waals surface area contributed by atoms with Crippen LogP contribution in [0.3, 0.4) is 0 Å². The Balaban J connectivity index is 1.48. The molecular formula is C20H15N3O2S. The third-order valence-electron chi connectivity index (χ3n) is 4.35. The molecule has 0 radical (unpaired) electrons. The molecule has 2 aromatic carbocycles. The zero-order valence-electron chi connectivity index (χ0n) is 13.8. The van der Waals surface area contributed by atoms with Gasteiger partial charge < -0.3 is 4.42 Å². The second kappa shape index (κ2) is 6.07. The van der Waals surface area contributed by atoms with Crippen molar-refractivity contribution in [3.8, 4) is 11.5 Å². The second-order valence-corrected chi connectivity index (χ2v) is 7.34. The number of rotatable bonds is 4. The molecule has 2 heterocycles. The van der Waals surface area contributed by atoms with Crippen molar-refractivity contribution >= 4 is 32.6 Å². The van der Waals surface area contributed by atoms with Crippen molar-refractivity contribution in [2.75, 3.05) is 5.32 Å². The Morgan fingerprint density at radius 1 is 1.04 bits per heavy atom. The van der Waals surface area contributed by atoms with Crippen molar-refractivity contribution in [1.29, 1.82) is 0 Å². The number of carbonyl (C=O) groups is 1. The molecule has 1 aliphatic rings. The molecule has 5 rings (SSSR count). The van der Waals surface area contributed by atoms with Gasteiger partial charge in [-0.05, 0) is 37.1 Å². The highest BCUT2D eigenvalue weighted by molar-refractivity contribution is 7.22. The number of thiazole rings is 1. The van der Waals surface area contributed by atoms with Crippen LogP contribution in [0.15, 0.2) is 59.0 Å². The highest BCUT2D eigenvalue weighted by atomic mass is 32.1. The van der Waals surface area contributed by atoms with E-state index in [4.69, 9.17) is 4.42 Å². The molecule has 128 valence electrons. The third-order valence-corrected chi connectivity index (χ3v) is 5.30. The summed E-state index contributed by atoms with van der Waals surface area (Å²) in [6, 6.07) is 17.5. The molecule has 1 aliphatic carbocycles. The fourth-order valence-corrected chi connectivity index (χ4v) is 3.76. The summed E-state index contributed by atoms with van der Waals surface area (Å²) >= 11 is 1.45. The van der Waals surface area contributed by atoms with Crippen molar-refractivity contribution in [2.24, 2.45) is 0 Å². The molecule has 1 amide bonds. The number of anilines is 1. The average molecular weight is 361 g/mol. The molecule has 4 aromatic rings. The minimum Gasteiger partial charge on any atom is -0.440 e. The lowest BCUT2D eigenvalue weighted by molar-refractivity contribution is 0.102. The van der Waals surface area contributed by atoms with Gasteiger partial charge in [-0.3, -0.25) is 10.1 Å². The largest absolute Gasteiger partial charge is 0.440 e. The summed E-state index contributed by atoms with van der Waals surface area (Å²) in [4.78, 5) is 21.8. The summed E-state index contributed by atoms with van der Waals surface area (Å²) in [6.07, 6.45) is 2.07. The minimum absolute atomic E-state index is 0.267. The molecule has 0 atom stereocenters. The van der Waals surface area contributed by atoms with Gasteiger partial charge in [-0.1, -0.05) is 41.7 Å². The number of carbonyl (C=O) groups excluding carboxylic acids is 1. The van der Waals surface area contributed by atoms with Gasteiger partial charge in [-0.2, -0.15) is 0 Å². The number of hydrogen-bond donors (Lipinski definition) is 1. The van der Waals surface area contributed by atoms with Gasteiger partial charge in [0.2, 0.25) is 5.89 Å². The zero-order chi connectivity index (χ0) is 17.5. The van der Waals surface area contributed by atoms with Crippen LogP contribution in [0.2, 0.25) is 0 Å². The number of para-hydroxylation sites is 1.